The SMILES string of the molecule is COc1cc(Br)n2cncc2c1. The second-order valence-electron chi connectivity index (χ2n) is 2.41. The average molecular weight is 227 g/mol. The van der Waals surface area contributed by atoms with Gasteiger partial charge in [0.2, 0.25) is 0 Å². The molecule has 62 valence electrons. The predicted molar refractivity (Wildman–Crippen MR) is 49.4 cm³/mol. The Morgan fingerprint density at radius 3 is 3.08 bits per heavy atom. The molecule has 0 saturated heterocycles. The van der Waals surface area contributed by atoms with E-state index in [2.05, 4.69) is 20.9 Å². The van der Waals surface area contributed by atoms with E-state index in [-0.39, 0.29) is 0 Å². The lowest BCUT2D eigenvalue weighted by Crippen LogP contribution is -1.88. The van der Waals surface area contributed by atoms with Crippen LogP contribution in [0.5, 0.6) is 5.75 Å². The van der Waals surface area contributed by atoms with Gasteiger partial charge in [-0.15, -0.1) is 0 Å². The maximum absolute atomic E-state index is 5.10. The van der Waals surface area contributed by atoms with Gasteiger partial charge >= 0.3 is 0 Å². The molecular weight excluding hydrogens is 220 g/mol. The first-order chi connectivity index (χ1) is 5.81. The molecule has 0 spiro atoms. The van der Waals surface area contributed by atoms with E-state index in [0.717, 1.165) is 15.9 Å². The summed E-state index contributed by atoms with van der Waals surface area (Å²) in [5, 5.41) is 0. The van der Waals surface area contributed by atoms with Gasteiger partial charge in [-0.25, -0.2) is 4.98 Å². The number of ether oxygens (including phenoxy) is 1. The van der Waals surface area contributed by atoms with E-state index < -0.39 is 0 Å². The Morgan fingerprint density at radius 2 is 2.33 bits per heavy atom. The number of aromatic nitrogens is 2. The molecule has 0 aliphatic rings. The third kappa shape index (κ3) is 1.08. The Labute approximate surface area is 78.1 Å². The van der Waals surface area contributed by atoms with E-state index in [1.54, 1.807) is 19.6 Å². The number of methoxy groups -OCH3 is 1. The zero-order valence-corrected chi connectivity index (χ0v) is 8.08. The highest BCUT2D eigenvalue weighted by Crippen LogP contribution is 2.21. The van der Waals surface area contributed by atoms with Crippen LogP contribution < -0.4 is 4.74 Å². The van der Waals surface area contributed by atoms with Gasteiger partial charge in [-0.05, 0) is 15.9 Å². The van der Waals surface area contributed by atoms with Crippen molar-refractivity contribution >= 4 is 21.4 Å². The molecule has 2 aromatic heterocycles. The number of fused-ring (bicyclic) bond motifs is 1. The lowest BCUT2D eigenvalue weighted by molar-refractivity contribution is 0.414. The summed E-state index contributed by atoms with van der Waals surface area (Å²) in [4.78, 5) is 4.01. The molecule has 3 nitrogen and oxygen atoms in total. The molecular formula is C8H7BrN2O. The maximum atomic E-state index is 5.10. The van der Waals surface area contributed by atoms with E-state index in [0.29, 0.717) is 0 Å². The number of rotatable bonds is 1. The molecule has 2 heterocycles. The fourth-order valence-corrected chi connectivity index (χ4v) is 1.60. The number of pyridine rings is 1. The van der Waals surface area contributed by atoms with Gasteiger partial charge in [0.15, 0.2) is 0 Å². The minimum Gasteiger partial charge on any atom is -0.497 e. The summed E-state index contributed by atoms with van der Waals surface area (Å²) in [5.41, 5.74) is 1.02. The fourth-order valence-electron chi connectivity index (χ4n) is 1.08. The van der Waals surface area contributed by atoms with E-state index in [4.69, 9.17) is 4.74 Å². The molecule has 2 aromatic rings. The number of nitrogens with zero attached hydrogens (tertiary/aromatic N) is 2. The standard InChI is InChI=1S/C8H7BrN2O/c1-12-7-2-6-4-10-5-11(6)8(9)3-7/h2-5H,1H3. The molecule has 0 N–H and O–H groups in total. The maximum Gasteiger partial charge on any atom is 0.123 e. The molecule has 12 heavy (non-hydrogen) atoms. The first-order valence-corrected chi connectivity index (χ1v) is 4.26. The van der Waals surface area contributed by atoms with Crippen molar-refractivity contribution in [2.75, 3.05) is 7.11 Å². The Morgan fingerprint density at radius 1 is 1.50 bits per heavy atom. The molecule has 0 radical (unpaired) electrons. The minimum atomic E-state index is 0.829. The molecule has 0 aromatic carbocycles. The third-order valence-electron chi connectivity index (χ3n) is 1.68. The van der Waals surface area contributed by atoms with E-state index in [1.807, 2.05) is 16.5 Å². The molecule has 0 amide bonds. The van der Waals surface area contributed by atoms with Gasteiger partial charge in [-0.2, -0.15) is 0 Å². The van der Waals surface area contributed by atoms with Crippen molar-refractivity contribution < 1.29 is 4.74 Å². The molecule has 4 heteroatoms. The van der Waals surface area contributed by atoms with E-state index in [1.165, 1.54) is 0 Å². The van der Waals surface area contributed by atoms with Crippen LogP contribution in [0.2, 0.25) is 0 Å². The molecule has 0 bridgehead atoms. The highest BCUT2D eigenvalue weighted by Gasteiger charge is 2.00. The van der Waals surface area contributed by atoms with Crippen molar-refractivity contribution in [3.8, 4) is 5.75 Å². The van der Waals surface area contributed by atoms with Gasteiger partial charge < -0.3 is 4.74 Å². The van der Waals surface area contributed by atoms with Crippen molar-refractivity contribution in [3.05, 3.63) is 29.3 Å². The summed E-state index contributed by atoms with van der Waals surface area (Å²) in [7, 11) is 1.65. The summed E-state index contributed by atoms with van der Waals surface area (Å²) in [5.74, 6) is 0.829. The Kier molecular flexibility index (Phi) is 1.77. The lowest BCUT2D eigenvalue weighted by atomic mass is 10.4. The van der Waals surface area contributed by atoms with Gasteiger partial charge in [-0.1, -0.05) is 0 Å². The summed E-state index contributed by atoms with van der Waals surface area (Å²) in [6.07, 6.45) is 3.53. The second kappa shape index (κ2) is 2.79. The van der Waals surface area contributed by atoms with Crippen molar-refractivity contribution in [1.29, 1.82) is 0 Å². The van der Waals surface area contributed by atoms with Crippen LogP contribution in [-0.4, -0.2) is 16.5 Å². The van der Waals surface area contributed by atoms with Crippen molar-refractivity contribution in [3.63, 3.8) is 0 Å². The molecule has 0 unspecified atom stereocenters. The number of halogens is 1. The van der Waals surface area contributed by atoms with Crippen LogP contribution in [0.3, 0.4) is 0 Å². The van der Waals surface area contributed by atoms with Crippen molar-refractivity contribution in [1.82, 2.24) is 9.38 Å². The van der Waals surface area contributed by atoms with Crippen LogP contribution in [0.25, 0.3) is 5.52 Å². The average Bonchev–Trinajstić information content (AvgIpc) is 2.52. The van der Waals surface area contributed by atoms with Crippen LogP contribution in [0.15, 0.2) is 29.3 Å². The molecule has 0 saturated carbocycles. The minimum absolute atomic E-state index is 0.829. The Balaban J connectivity index is 2.75. The van der Waals surface area contributed by atoms with Crippen LogP contribution in [0.1, 0.15) is 0 Å². The summed E-state index contributed by atoms with van der Waals surface area (Å²) >= 11 is 3.41. The van der Waals surface area contributed by atoms with Gasteiger partial charge in [0.1, 0.15) is 12.1 Å². The number of imidazole rings is 1. The quantitative estimate of drug-likeness (QED) is 0.697. The highest BCUT2D eigenvalue weighted by molar-refractivity contribution is 9.10. The lowest BCUT2D eigenvalue weighted by Gasteiger charge is -2.02. The summed E-state index contributed by atoms with van der Waals surface area (Å²) in [6, 6.07) is 3.83. The van der Waals surface area contributed by atoms with Gasteiger partial charge in [0.25, 0.3) is 0 Å². The molecule has 0 aliphatic heterocycles. The second-order valence-corrected chi connectivity index (χ2v) is 3.22. The third-order valence-corrected chi connectivity index (χ3v) is 2.30. The monoisotopic (exact) mass is 226 g/mol. The predicted octanol–water partition coefficient (Wildman–Crippen LogP) is 2.11. The number of hydrogen-bond acceptors (Lipinski definition) is 2. The van der Waals surface area contributed by atoms with Crippen LogP contribution >= 0.6 is 15.9 Å². The van der Waals surface area contributed by atoms with Crippen LogP contribution in [0, 0.1) is 0 Å². The highest BCUT2D eigenvalue weighted by atomic mass is 79.9. The first-order valence-electron chi connectivity index (χ1n) is 3.47. The van der Waals surface area contributed by atoms with E-state index in [9.17, 15) is 0 Å². The van der Waals surface area contributed by atoms with Crippen molar-refractivity contribution in [2.24, 2.45) is 0 Å². The first kappa shape index (κ1) is 7.61. The van der Waals surface area contributed by atoms with Gasteiger partial charge in [-0.3, -0.25) is 4.40 Å². The van der Waals surface area contributed by atoms with Crippen LogP contribution in [-0.2, 0) is 0 Å². The molecule has 0 atom stereocenters. The normalized spacial score (nSPS) is 10.5. The Bertz CT molecular complexity index is 410. The zero-order chi connectivity index (χ0) is 8.55. The van der Waals surface area contributed by atoms with Crippen molar-refractivity contribution in [2.45, 2.75) is 0 Å². The molecule has 0 aliphatic carbocycles. The smallest absolute Gasteiger partial charge is 0.123 e. The molecule has 2 rings (SSSR count). The van der Waals surface area contributed by atoms with Gasteiger partial charge in [0, 0.05) is 12.1 Å². The largest absolute Gasteiger partial charge is 0.497 e. The summed E-state index contributed by atoms with van der Waals surface area (Å²) < 4.78 is 7.97. The van der Waals surface area contributed by atoms with Crippen LogP contribution in [0.4, 0.5) is 0 Å². The zero-order valence-electron chi connectivity index (χ0n) is 6.49. The molecule has 0 fully saturated rings. The fraction of sp³-hybridized carbons (Fsp3) is 0.125. The number of hydrogen-bond donors (Lipinski definition) is 0. The van der Waals surface area contributed by atoms with E-state index >= 15 is 0 Å². The Hall–Kier alpha value is -1.03. The topological polar surface area (TPSA) is 26.5 Å². The summed E-state index contributed by atoms with van der Waals surface area (Å²) in [6.45, 7) is 0. The van der Waals surface area contributed by atoms with Gasteiger partial charge in [0.05, 0.1) is 23.4 Å².